The molecule has 0 spiro atoms. The topological polar surface area (TPSA) is 54.0 Å². The maximum Gasteiger partial charge on any atom is 0.259 e. The van der Waals surface area contributed by atoms with E-state index in [-0.39, 0.29) is 5.91 Å². The number of amides is 1. The third-order valence-electron chi connectivity index (χ3n) is 3.81. The minimum atomic E-state index is -0.182. The van der Waals surface area contributed by atoms with E-state index in [1.165, 1.54) is 0 Å². The van der Waals surface area contributed by atoms with Crippen LogP contribution in [-0.2, 0) is 0 Å². The van der Waals surface area contributed by atoms with Gasteiger partial charge in [-0.3, -0.25) is 4.79 Å². The van der Waals surface area contributed by atoms with Crippen LogP contribution in [0.5, 0.6) is 0 Å². The molecular weight excluding hydrogens is 298 g/mol. The molecule has 1 aromatic heterocycles. The Morgan fingerprint density at radius 2 is 1.58 bits per heavy atom. The number of aryl methyl sites for hydroxylation is 2. The molecular formula is C20H19N3O. The second kappa shape index (κ2) is 6.96. The second-order valence-electron chi connectivity index (χ2n) is 5.61. The summed E-state index contributed by atoms with van der Waals surface area (Å²) < 4.78 is 0. The summed E-state index contributed by atoms with van der Waals surface area (Å²) in [5.74, 6) is 0.353. The lowest BCUT2D eigenvalue weighted by atomic mass is 10.1. The number of benzene rings is 2. The first-order valence-corrected chi connectivity index (χ1v) is 7.80. The molecule has 0 aliphatic rings. The maximum atomic E-state index is 12.7. The zero-order valence-corrected chi connectivity index (χ0v) is 13.7. The van der Waals surface area contributed by atoms with E-state index < -0.39 is 0 Å². The van der Waals surface area contributed by atoms with E-state index in [1.54, 1.807) is 18.3 Å². The lowest BCUT2D eigenvalue weighted by molar-refractivity contribution is 0.102. The van der Waals surface area contributed by atoms with Crippen LogP contribution in [0.25, 0.3) is 0 Å². The van der Waals surface area contributed by atoms with Gasteiger partial charge in [0.1, 0.15) is 5.82 Å². The van der Waals surface area contributed by atoms with E-state index in [0.717, 1.165) is 22.5 Å². The summed E-state index contributed by atoms with van der Waals surface area (Å²) in [5.41, 5.74) is 4.30. The van der Waals surface area contributed by atoms with Crippen molar-refractivity contribution < 1.29 is 4.79 Å². The number of carbonyl (C=O) groups is 1. The van der Waals surface area contributed by atoms with Gasteiger partial charge in [0.2, 0.25) is 0 Å². The number of pyridine rings is 1. The Labute approximate surface area is 141 Å². The van der Waals surface area contributed by atoms with Crippen molar-refractivity contribution in [3.8, 4) is 0 Å². The van der Waals surface area contributed by atoms with Gasteiger partial charge in [-0.25, -0.2) is 4.98 Å². The van der Waals surface area contributed by atoms with Crippen LogP contribution >= 0.6 is 0 Å². The number of hydrogen-bond acceptors (Lipinski definition) is 3. The van der Waals surface area contributed by atoms with E-state index in [2.05, 4.69) is 15.6 Å². The Morgan fingerprint density at radius 3 is 2.29 bits per heavy atom. The molecule has 0 saturated heterocycles. The molecule has 2 N–H and O–H groups in total. The molecule has 0 aliphatic carbocycles. The normalized spacial score (nSPS) is 10.2. The van der Waals surface area contributed by atoms with Crippen LogP contribution in [0, 0.1) is 13.8 Å². The molecule has 4 nitrogen and oxygen atoms in total. The fourth-order valence-electron chi connectivity index (χ4n) is 2.54. The van der Waals surface area contributed by atoms with Gasteiger partial charge in [-0.2, -0.15) is 0 Å². The third kappa shape index (κ3) is 3.43. The Hall–Kier alpha value is -3.14. The molecule has 4 heteroatoms. The molecule has 0 saturated carbocycles. The highest BCUT2D eigenvalue weighted by molar-refractivity contribution is 6.08. The Bertz CT molecular complexity index is 840. The molecule has 3 rings (SSSR count). The van der Waals surface area contributed by atoms with Crippen molar-refractivity contribution in [3.63, 3.8) is 0 Å². The predicted molar refractivity (Wildman–Crippen MR) is 97.8 cm³/mol. The largest absolute Gasteiger partial charge is 0.340 e. The number of para-hydroxylation sites is 2. The van der Waals surface area contributed by atoms with Crippen molar-refractivity contribution in [2.24, 2.45) is 0 Å². The molecule has 0 bridgehead atoms. The summed E-state index contributed by atoms with van der Waals surface area (Å²) in [4.78, 5) is 17.0. The van der Waals surface area contributed by atoms with Crippen molar-refractivity contribution in [1.29, 1.82) is 0 Å². The van der Waals surface area contributed by atoms with Crippen molar-refractivity contribution in [3.05, 3.63) is 83.6 Å². The van der Waals surface area contributed by atoms with E-state index in [0.29, 0.717) is 11.4 Å². The maximum absolute atomic E-state index is 12.7. The summed E-state index contributed by atoms with van der Waals surface area (Å²) in [5, 5.41) is 6.20. The zero-order chi connectivity index (χ0) is 16.9. The highest BCUT2D eigenvalue weighted by Crippen LogP contribution is 2.23. The molecule has 0 unspecified atom stereocenters. The SMILES string of the molecule is Cc1cccc(C)c1NC(=O)c1cccnc1Nc1ccccc1. The van der Waals surface area contributed by atoms with Gasteiger partial charge in [0.15, 0.2) is 0 Å². The Balaban J connectivity index is 1.88. The average Bonchev–Trinajstić information content (AvgIpc) is 2.59. The highest BCUT2D eigenvalue weighted by Gasteiger charge is 2.14. The lowest BCUT2D eigenvalue weighted by Gasteiger charge is -2.14. The number of rotatable bonds is 4. The molecule has 1 amide bonds. The Kier molecular flexibility index (Phi) is 4.57. The Morgan fingerprint density at radius 1 is 0.875 bits per heavy atom. The fourth-order valence-corrected chi connectivity index (χ4v) is 2.54. The number of hydrogen-bond donors (Lipinski definition) is 2. The molecule has 1 heterocycles. The van der Waals surface area contributed by atoms with Crippen molar-refractivity contribution in [2.45, 2.75) is 13.8 Å². The smallest absolute Gasteiger partial charge is 0.259 e. The van der Waals surface area contributed by atoms with Crippen LogP contribution in [0.2, 0.25) is 0 Å². The van der Waals surface area contributed by atoms with Gasteiger partial charge in [-0.05, 0) is 49.2 Å². The van der Waals surface area contributed by atoms with E-state index in [9.17, 15) is 4.79 Å². The minimum absolute atomic E-state index is 0.182. The number of nitrogens with one attached hydrogen (secondary N) is 2. The first kappa shape index (κ1) is 15.7. The molecule has 0 fully saturated rings. The van der Waals surface area contributed by atoms with Gasteiger partial charge >= 0.3 is 0 Å². The van der Waals surface area contributed by atoms with Crippen molar-refractivity contribution in [2.75, 3.05) is 10.6 Å². The van der Waals surface area contributed by atoms with Gasteiger partial charge < -0.3 is 10.6 Å². The van der Waals surface area contributed by atoms with Crippen molar-refractivity contribution >= 4 is 23.1 Å². The summed E-state index contributed by atoms with van der Waals surface area (Å²) in [7, 11) is 0. The van der Waals surface area contributed by atoms with Crippen molar-refractivity contribution in [1.82, 2.24) is 4.98 Å². The first-order valence-electron chi connectivity index (χ1n) is 7.80. The van der Waals surface area contributed by atoms with Crippen LogP contribution in [-0.4, -0.2) is 10.9 Å². The molecule has 2 aromatic carbocycles. The molecule has 24 heavy (non-hydrogen) atoms. The number of anilines is 3. The van der Waals surface area contributed by atoms with Crippen LogP contribution in [0.15, 0.2) is 66.9 Å². The van der Waals surface area contributed by atoms with Gasteiger partial charge in [0.05, 0.1) is 5.56 Å². The van der Waals surface area contributed by atoms with E-state index >= 15 is 0 Å². The molecule has 3 aromatic rings. The second-order valence-corrected chi connectivity index (χ2v) is 5.61. The van der Waals surface area contributed by atoms with E-state index in [1.807, 2.05) is 62.4 Å². The van der Waals surface area contributed by atoms with Gasteiger partial charge in [-0.15, -0.1) is 0 Å². The van der Waals surface area contributed by atoms with E-state index in [4.69, 9.17) is 0 Å². The van der Waals surface area contributed by atoms with Crippen LogP contribution in [0.1, 0.15) is 21.5 Å². The highest BCUT2D eigenvalue weighted by atomic mass is 16.1. The number of nitrogens with zero attached hydrogens (tertiary/aromatic N) is 1. The summed E-state index contributed by atoms with van der Waals surface area (Å²) in [6.45, 7) is 3.96. The number of aromatic nitrogens is 1. The third-order valence-corrected chi connectivity index (χ3v) is 3.81. The van der Waals surface area contributed by atoms with Crippen LogP contribution in [0.4, 0.5) is 17.2 Å². The monoisotopic (exact) mass is 317 g/mol. The average molecular weight is 317 g/mol. The van der Waals surface area contributed by atoms with Gasteiger partial charge in [0, 0.05) is 17.6 Å². The standard InChI is InChI=1S/C20H19N3O/c1-14-8-6-9-15(2)18(14)23-20(24)17-12-7-13-21-19(17)22-16-10-4-3-5-11-16/h3-13H,1-2H3,(H,21,22)(H,23,24). The van der Waals surface area contributed by atoms with Gasteiger partial charge in [-0.1, -0.05) is 36.4 Å². The summed E-state index contributed by atoms with van der Waals surface area (Å²) in [6, 6.07) is 19.1. The molecule has 0 radical (unpaired) electrons. The zero-order valence-electron chi connectivity index (χ0n) is 13.7. The predicted octanol–water partition coefficient (Wildman–Crippen LogP) is 4.69. The quantitative estimate of drug-likeness (QED) is 0.733. The van der Waals surface area contributed by atoms with Crippen LogP contribution in [0.3, 0.4) is 0 Å². The first-order chi connectivity index (χ1) is 11.6. The summed E-state index contributed by atoms with van der Waals surface area (Å²) >= 11 is 0. The lowest BCUT2D eigenvalue weighted by Crippen LogP contribution is -2.16. The molecule has 0 atom stereocenters. The van der Waals surface area contributed by atoms with Crippen LogP contribution < -0.4 is 10.6 Å². The number of carbonyl (C=O) groups excluding carboxylic acids is 1. The fraction of sp³-hybridized carbons (Fsp3) is 0.100. The summed E-state index contributed by atoms with van der Waals surface area (Å²) in [6.07, 6.45) is 1.67. The minimum Gasteiger partial charge on any atom is -0.340 e. The molecule has 0 aliphatic heterocycles. The van der Waals surface area contributed by atoms with Gasteiger partial charge in [0.25, 0.3) is 5.91 Å². The molecule has 120 valence electrons.